The van der Waals surface area contributed by atoms with Gasteiger partial charge in [-0.3, -0.25) is 4.79 Å². The van der Waals surface area contributed by atoms with Crippen LogP contribution in [0.4, 0.5) is 0 Å². The molecular formula is C14H14O6. The van der Waals surface area contributed by atoms with Crippen molar-refractivity contribution in [3.63, 3.8) is 0 Å². The topological polar surface area (TPSA) is 63.2 Å². The third kappa shape index (κ3) is 1.57. The zero-order valence-corrected chi connectivity index (χ0v) is 11.0. The van der Waals surface area contributed by atoms with E-state index in [-0.39, 0.29) is 30.7 Å². The normalized spacial score (nSPS) is 30.2. The molecule has 3 aliphatic heterocycles. The second-order valence-corrected chi connectivity index (χ2v) is 5.12. The van der Waals surface area contributed by atoms with Gasteiger partial charge in [-0.25, -0.2) is 0 Å². The average Bonchev–Trinajstić information content (AvgIpc) is 3.14. The first-order valence-corrected chi connectivity index (χ1v) is 6.53. The Balaban J connectivity index is 1.76. The monoisotopic (exact) mass is 278 g/mol. The highest BCUT2D eigenvalue weighted by atomic mass is 16.7. The molecule has 0 aromatic heterocycles. The second-order valence-electron chi connectivity index (χ2n) is 5.12. The summed E-state index contributed by atoms with van der Waals surface area (Å²) in [6.07, 6.45) is -0.348. The molecule has 0 unspecified atom stereocenters. The van der Waals surface area contributed by atoms with Crippen LogP contribution in [0.5, 0.6) is 17.2 Å². The number of cyclic esters (lactones) is 1. The summed E-state index contributed by atoms with van der Waals surface area (Å²) >= 11 is 0. The Morgan fingerprint density at radius 3 is 2.75 bits per heavy atom. The van der Waals surface area contributed by atoms with Crippen molar-refractivity contribution in [2.75, 3.05) is 27.1 Å². The van der Waals surface area contributed by atoms with Crippen molar-refractivity contribution in [2.45, 2.75) is 6.10 Å². The molecule has 0 saturated carbocycles. The first-order valence-electron chi connectivity index (χ1n) is 6.53. The number of fused-ring (bicyclic) bond motifs is 2. The number of ether oxygens (including phenoxy) is 5. The highest BCUT2D eigenvalue weighted by Crippen LogP contribution is 2.48. The largest absolute Gasteiger partial charge is 0.496 e. The molecule has 0 radical (unpaired) electrons. The predicted octanol–water partition coefficient (Wildman–Crippen LogP) is 1.28. The quantitative estimate of drug-likeness (QED) is 0.759. The van der Waals surface area contributed by atoms with Crippen LogP contribution in [0.15, 0.2) is 12.1 Å². The maximum Gasteiger partial charge on any atom is 0.312 e. The first kappa shape index (κ1) is 11.8. The van der Waals surface area contributed by atoms with Crippen molar-refractivity contribution in [2.24, 2.45) is 11.8 Å². The van der Waals surface area contributed by atoms with Crippen molar-refractivity contribution in [1.29, 1.82) is 0 Å². The molecule has 1 aromatic rings. The van der Waals surface area contributed by atoms with E-state index in [2.05, 4.69) is 0 Å². The van der Waals surface area contributed by atoms with Gasteiger partial charge >= 0.3 is 5.97 Å². The molecule has 20 heavy (non-hydrogen) atoms. The summed E-state index contributed by atoms with van der Waals surface area (Å²) in [7, 11) is 1.58. The molecule has 4 rings (SSSR count). The van der Waals surface area contributed by atoms with Crippen molar-refractivity contribution in [3.8, 4) is 17.2 Å². The number of carbonyl (C=O) groups excluding carboxylic acids is 1. The smallest absolute Gasteiger partial charge is 0.312 e. The van der Waals surface area contributed by atoms with E-state index in [4.69, 9.17) is 23.7 Å². The lowest BCUT2D eigenvalue weighted by Gasteiger charge is -2.18. The van der Waals surface area contributed by atoms with Crippen molar-refractivity contribution < 1.29 is 28.5 Å². The SMILES string of the molecule is COc1cc2c(cc1[C@H]1OC[C@@H]3COC(=O)[C@@H]31)OCO2. The molecule has 1 aromatic carbocycles. The lowest BCUT2D eigenvalue weighted by Crippen LogP contribution is -2.18. The fourth-order valence-electron chi connectivity index (χ4n) is 3.06. The van der Waals surface area contributed by atoms with Crippen LogP contribution in [0.3, 0.4) is 0 Å². The van der Waals surface area contributed by atoms with Gasteiger partial charge in [0.25, 0.3) is 0 Å². The van der Waals surface area contributed by atoms with Crippen LogP contribution in [0.2, 0.25) is 0 Å². The number of benzene rings is 1. The minimum absolute atomic E-state index is 0.127. The maximum absolute atomic E-state index is 11.9. The molecule has 6 nitrogen and oxygen atoms in total. The molecule has 6 heteroatoms. The molecule has 0 aliphatic carbocycles. The standard InChI is InChI=1S/C14H14O6/c1-16-9-3-11-10(19-6-20-11)2-8(9)13-12-7(4-17-13)5-18-14(12)15/h2-3,7,12-13H,4-6H2,1H3/t7-,12+,13-/m1/s1. The molecule has 0 N–H and O–H groups in total. The van der Waals surface area contributed by atoms with E-state index >= 15 is 0 Å². The second kappa shape index (κ2) is 4.28. The van der Waals surface area contributed by atoms with E-state index in [0.29, 0.717) is 30.5 Å². The third-order valence-electron chi connectivity index (χ3n) is 4.07. The number of hydrogen-bond donors (Lipinski definition) is 0. The Labute approximate surface area is 115 Å². The predicted molar refractivity (Wildman–Crippen MR) is 65.7 cm³/mol. The molecule has 0 spiro atoms. The lowest BCUT2D eigenvalue weighted by atomic mass is 9.89. The summed E-state index contributed by atoms with van der Waals surface area (Å²) in [5, 5.41) is 0. The first-order chi connectivity index (χ1) is 9.78. The van der Waals surface area contributed by atoms with Crippen LogP contribution in [0, 0.1) is 11.8 Å². The molecule has 3 atom stereocenters. The van der Waals surface area contributed by atoms with E-state index in [1.807, 2.05) is 6.07 Å². The van der Waals surface area contributed by atoms with Crippen LogP contribution in [-0.4, -0.2) is 33.1 Å². The van der Waals surface area contributed by atoms with Crippen molar-refractivity contribution in [1.82, 2.24) is 0 Å². The maximum atomic E-state index is 11.9. The molecule has 0 bridgehead atoms. The molecule has 0 amide bonds. The molecule has 2 fully saturated rings. The summed E-state index contributed by atoms with van der Waals surface area (Å²) in [5.74, 6) is 1.61. The molecule has 2 saturated heterocycles. The zero-order valence-electron chi connectivity index (χ0n) is 11.0. The molecule has 106 valence electrons. The third-order valence-corrected chi connectivity index (χ3v) is 4.07. The number of methoxy groups -OCH3 is 1. The fourth-order valence-corrected chi connectivity index (χ4v) is 3.06. The Morgan fingerprint density at radius 1 is 1.15 bits per heavy atom. The summed E-state index contributed by atoms with van der Waals surface area (Å²) in [6.45, 7) is 1.16. The van der Waals surface area contributed by atoms with E-state index in [9.17, 15) is 4.79 Å². The molecule has 3 aliphatic rings. The van der Waals surface area contributed by atoms with Gasteiger partial charge in [0.1, 0.15) is 5.75 Å². The molecule has 3 heterocycles. The number of esters is 1. The van der Waals surface area contributed by atoms with Gasteiger partial charge in [0.2, 0.25) is 6.79 Å². The highest BCUT2D eigenvalue weighted by Gasteiger charge is 2.49. The van der Waals surface area contributed by atoms with Gasteiger partial charge in [0.05, 0.1) is 32.3 Å². The van der Waals surface area contributed by atoms with E-state index in [1.54, 1.807) is 13.2 Å². The summed E-state index contributed by atoms with van der Waals surface area (Å²) < 4.78 is 27.0. The summed E-state index contributed by atoms with van der Waals surface area (Å²) in [5.41, 5.74) is 0.808. The van der Waals surface area contributed by atoms with Gasteiger partial charge in [-0.2, -0.15) is 0 Å². The van der Waals surface area contributed by atoms with Crippen LogP contribution < -0.4 is 14.2 Å². The van der Waals surface area contributed by atoms with E-state index in [0.717, 1.165) is 5.56 Å². The van der Waals surface area contributed by atoms with Crippen molar-refractivity contribution >= 4 is 5.97 Å². The average molecular weight is 278 g/mol. The van der Waals surface area contributed by atoms with Gasteiger partial charge in [-0.05, 0) is 6.07 Å². The Morgan fingerprint density at radius 2 is 1.95 bits per heavy atom. The number of rotatable bonds is 2. The fraction of sp³-hybridized carbons (Fsp3) is 0.500. The number of carbonyl (C=O) groups is 1. The minimum atomic E-state index is -0.348. The lowest BCUT2D eigenvalue weighted by molar-refractivity contribution is -0.144. The van der Waals surface area contributed by atoms with Gasteiger partial charge in [-0.1, -0.05) is 0 Å². The minimum Gasteiger partial charge on any atom is -0.496 e. The zero-order chi connectivity index (χ0) is 13.7. The van der Waals surface area contributed by atoms with E-state index in [1.165, 1.54) is 0 Å². The van der Waals surface area contributed by atoms with Crippen LogP contribution in [0.25, 0.3) is 0 Å². The summed E-state index contributed by atoms with van der Waals surface area (Å²) in [6, 6.07) is 3.61. The van der Waals surface area contributed by atoms with Gasteiger partial charge in [0.15, 0.2) is 11.5 Å². The Hall–Kier alpha value is -1.95. The van der Waals surface area contributed by atoms with Crippen LogP contribution in [0.1, 0.15) is 11.7 Å². The number of hydrogen-bond acceptors (Lipinski definition) is 6. The van der Waals surface area contributed by atoms with Crippen LogP contribution >= 0.6 is 0 Å². The van der Waals surface area contributed by atoms with Crippen LogP contribution in [-0.2, 0) is 14.3 Å². The molecular weight excluding hydrogens is 264 g/mol. The van der Waals surface area contributed by atoms with Gasteiger partial charge < -0.3 is 23.7 Å². The van der Waals surface area contributed by atoms with Gasteiger partial charge in [-0.15, -0.1) is 0 Å². The highest BCUT2D eigenvalue weighted by molar-refractivity contribution is 5.76. The Bertz CT molecular complexity index is 569. The van der Waals surface area contributed by atoms with Gasteiger partial charge in [0, 0.05) is 17.5 Å². The summed E-state index contributed by atoms with van der Waals surface area (Å²) in [4.78, 5) is 11.9. The van der Waals surface area contributed by atoms with Crippen molar-refractivity contribution in [3.05, 3.63) is 17.7 Å². The Kier molecular flexibility index (Phi) is 2.53. The van der Waals surface area contributed by atoms with E-state index < -0.39 is 0 Å².